The molecule has 1 aromatic carbocycles. The average molecular weight is 238 g/mol. The Morgan fingerprint density at radius 2 is 1.82 bits per heavy atom. The molecule has 1 N–H and O–H groups in total. The molecule has 1 rings (SSSR count). The number of unbranched alkanes of at least 4 members (excludes halogenated alkanes) is 1. The monoisotopic (exact) mass is 238 g/mol. The fourth-order valence-electron chi connectivity index (χ4n) is 1.74. The van der Waals surface area contributed by atoms with Crippen molar-refractivity contribution < 1.29 is 4.39 Å². The van der Waals surface area contributed by atoms with Crippen molar-refractivity contribution in [1.29, 1.82) is 0 Å². The molecule has 0 radical (unpaired) electrons. The van der Waals surface area contributed by atoms with E-state index in [1.54, 1.807) is 12.1 Å². The summed E-state index contributed by atoms with van der Waals surface area (Å²) in [6, 6.07) is 6.52. The molecule has 17 heavy (non-hydrogen) atoms. The van der Waals surface area contributed by atoms with Gasteiger partial charge in [0, 0.05) is 18.8 Å². The number of halogens is 1. The second-order valence-corrected chi connectivity index (χ2v) is 4.22. The molecule has 0 bridgehead atoms. The lowest BCUT2D eigenvalue weighted by molar-refractivity contribution is 0.294. The Labute approximate surface area is 104 Å². The van der Waals surface area contributed by atoms with Crippen LogP contribution in [0.25, 0.3) is 0 Å². The van der Waals surface area contributed by atoms with E-state index in [0.717, 1.165) is 31.9 Å². The second kappa shape index (κ2) is 8.07. The minimum absolute atomic E-state index is 0.186. The summed E-state index contributed by atoms with van der Waals surface area (Å²) in [5, 5.41) is 3.30. The van der Waals surface area contributed by atoms with Crippen LogP contribution < -0.4 is 5.32 Å². The predicted molar refractivity (Wildman–Crippen MR) is 71.9 cm³/mol. The van der Waals surface area contributed by atoms with Crippen LogP contribution in [0.15, 0.2) is 24.3 Å². The first kappa shape index (κ1) is 14.0. The van der Waals surface area contributed by atoms with Gasteiger partial charge in [-0.1, -0.05) is 20.3 Å². The van der Waals surface area contributed by atoms with Gasteiger partial charge >= 0.3 is 0 Å². The second-order valence-electron chi connectivity index (χ2n) is 4.22. The number of hydrogen-bond donors (Lipinski definition) is 1. The van der Waals surface area contributed by atoms with Gasteiger partial charge < -0.3 is 10.2 Å². The molecule has 0 spiro atoms. The average Bonchev–Trinajstić information content (AvgIpc) is 2.36. The molecule has 0 unspecified atom stereocenters. The van der Waals surface area contributed by atoms with Gasteiger partial charge in [-0.2, -0.15) is 0 Å². The molecule has 0 saturated heterocycles. The summed E-state index contributed by atoms with van der Waals surface area (Å²) >= 11 is 0. The van der Waals surface area contributed by atoms with Gasteiger partial charge in [0.25, 0.3) is 0 Å². The molecule has 0 heterocycles. The van der Waals surface area contributed by atoms with Crippen molar-refractivity contribution in [2.24, 2.45) is 0 Å². The normalized spacial score (nSPS) is 10.8. The zero-order valence-corrected chi connectivity index (χ0v) is 10.9. The van der Waals surface area contributed by atoms with Crippen molar-refractivity contribution in [2.75, 3.05) is 31.5 Å². The van der Waals surface area contributed by atoms with Crippen LogP contribution in [0.2, 0.25) is 0 Å². The fraction of sp³-hybridized carbons (Fsp3) is 0.571. The van der Waals surface area contributed by atoms with Gasteiger partial charge in [-0.15, -0.1) is 0 Å². The van der Waals surface area contributed by atoms with Crippen molar-refractivity contribution in [3.05, 3.63) is 30.1 Å². The molecule has 0 amide bonds. The van der Waals surface area contributed by atoms with Crippen LogP contribution in [0.4, 0.5) is 10.1 Å². The van der Waals surface area contributed by atoms with Gasteiger partial charge in [0.05, 0.1) is 0 Å². The number of nitrogens with zero attached hydrogens (tertiary/aromatic N) is 1. The molecular weight excluding hydrogens is 215 g/mol. The van der Waals surface area contributed by atoms with Gasteiger partial charge in [0.1, 0.15) is 5.82 Å². The first-order valence-corrected chi connectivity index (χ1v) is 6.48. The highest BCUT2D eigenvalue weighted by Gasteiger charge is 2.00. The Balaban J connectivity index is 2.23. The number of anilines is 1. The maximum Gasteiger partial charge on any atom is 0.123 e. The molecule has 0 fully saturated rings. The van der Waals surface area contributed by atoms with Gasteiger partial charge in [-0.3, -0.25) is 0 Å². The quantitative estimate of drug-likeness (QED) is 0.747. The minimum atomic E-state index is -0.186. The van der Waals surface area contributed by atoms with Crippen LogP contribution >= 0.6 is 0 Å². The molecule has 0 aliphatic heterocycles. The molecule has 1 aromatic rings. The molecule has 2 nitrogen and oxygen atoms in total. The number of likely N-dealkylation sites (N-methyl/N-ethyl adjacent to an activating group) is 1. The van der Waals surface area contributed by atoms with Gasteiger partial charge in [0.15, 0.2) is 0 Å². The third-order valence-corrected chi connectivity index (χ3v) is 2.88. The smallest absolute Gasteiger partial charge is 0.123 e. The lowest BCUT2D eigenvalue weighted by Gasteiger charge is -2.20. The van der Waals surface area contributed by atoms with Crippen LogP contribution in [-0.2, 0) is 0 Å². The SMILES string of the molecule is CCCCN(CC)CCNc1ccc(F)cc1. The summed E-state index contributed by atoms with van der Waals surface area (Å²) in [5.74, 6) is -0.186. The van der Waals surface area contributed by atoms with E-state index in [1.165, 1.54) is 25.0 Å². The van der Waals surface area contributed by atoms with Crippen molar-refractivity contribution in [1.82, 2.24) is 4.90 Å². The van der Waals surface area contributed by atoms with Gasteiger partial charge in [0.2, 0.25) is 0 Å². The van der Waals surface area contributed by atoms with Crippen LogP contribution in [-0.4, -0.2) is 31.1 Å². The lowest BCUT2D eigenvalue weighted by atomic mass is 10.3. The summed E-state index contributed by atoms with van der Waals surface area (Å²) in [5.41, 5.74) is 0.984. The molecule has 0 aromatic heterocycles. The van der Waals surface area contributed by atoms with Crippen LogP contribution in [0.3, 0.4) is 0 Å². The third-order valence-electron chi connectivity index (χ3n) is 2.88. The maximum absolute atomic E-state index is 12.7. The Morgan fingerprint density at radius 3 is 2.41 bits per heavy atom. The first-order valence-electron chi connectivity index (χ1n) is 6.48. The van der Waals surface area contributed by atoms with E-state index in [0.29, 0.717) is 0 Å². The molecule has 96 valence electrons. The van der Waals surface area contributed by atoms with E-state index in [2.05, 4.69) is 24.1 Å². The highest BCUT2D eigenvalue weighted by molar-refractivity contribution is 5.42. The molecule has 0 aliphatic rings. The van der Waals surface area contributed by atoms with Gasteiger partial charge in [-0.05, 0) is 43.8 Å². The summed E-state index contributed by atoms with van der Waals surface area (Å²) in [6.45, 7) is 8.60. The molecule has 0 atom stereocenters. The number of benzene rings is 1. The van der Waals surface area contributed by atoms with Crippen molar-refractivity contribution in [3.8, 4) is 0 Å². The maximum atomic E-state index is 12.7. The Kier molecular flexibility index (Phi) is 6.63. The summed E-state index contributed by atoms with van der Waals surface area (Å²) in [6.07, 6.45) is 2.49. The zero-order valence-electron chi connectivity index (χ0n) is 10.9. The Bertz CT molecular complexity index is 298. The van der Waals surface area contributed by atoms with Gasteiger partial charge in [-0.25, -0.2) is 4.39 Å². The molecule has 0 saturated carbocycles. The zero-order chi connectivity index (χ0) is 12.5. The van der Waals surface area contributed by atoms with Crippen LogP contribution in [0, 0.1) is 5.82 Å². The van der Waals surface area contributed by atoms with Crippen molar-refractivity contribution >= 4 is 5.69 Å². The number of nitrogens with one attached hydrogen (secondary N) is 1. The topological polar surface area (TPSA) is 15.3 Å². The highest BCUT2D eigenvalue weighted by atomic mass is 19.1. The van der Waals surface area contributed by atoms with E-state index in [4.69, 9.17) is 0 Å². The van der Waals surface area contributed by atoms with Crippen molar-refractivity contribution in [3.63, 3.8) is 0 Å². The molecule has 0 aliphatic carbocycles. The minimum Gasteiger partial charge on any atom is -0.384 e. The molecule has 3 heteroatoms. The number of rotatable bonds is 8. The summed E-state index contributed by atoms with van der Waals surface area (Å²) < 4.78 is 12.7. The summed E-state index contributed by atoms with van der Waals surface area (Å²) in [7, 11) is 0. The van der Waals surface area contributed by atoms with Crippen LogP contribution in [0.1, 0.15) is 26.7 Å². The predicted octanol–water partition coefficient (Wildman–Crippen LogP) is 3.36. The lowest BCUT2D eigenvalue weighted by Crippen LogP contribution is -2.29. The first-order chi connectivity index (χ1) is 8.26. The fourth-order valence-corrected chi connectivity index (χ4v) is 1.74. The van der Waals surface area contributed by atoms with E-state index < -0.39 is 0 Å². The molecular formula is C14H23FN2. The largest absolute Gasteiger partial charge is 0.384 e. The van der Waals surface area contributed by atoms with E-state index >= 15 is 0 Å². The number of hydrogen-bond acceptors (Lipinski definition) is 2. The Morgan fingerprint density at radius 1 is 1.12 bits per heavy atom. The summed E-state index contributed by atoms with van der Waals surface area (Å²) in [4.78, 5) is 2.43. The van der Waals surface area contributed by atoms with E-state index in [-0.39, 0.29) is 5.82 Å². The van der Waals surface area contributed by atoms with Crippen molar-refractivity contribution in [2.45, 2.75) is 26.7 Å². The Hall–Kier alpha value is -1.09. The standard InChI is InChI=1S/C14H23FN2/c1-3-5-11-17(4-2)12-10-16-14-8-6-13(15)7-9-14/h6-9,16H,3-5,10-12H2,1-2H3. The highest BCUT2D eigenvalue weighted by Crippen LogP contribution is 2.07. The van der Waals surface area contributed by atoms with E-state index in [9.17, 15) is 4.39 Å². The third kappa shape index (κ3) is 5.68. The van der Waals surface area contributed by atoms with Crippen LogP contribution in [0.5, 0.6) is 0 Å². The van der Waals surface area contributed by atoms with E-state index in [1.807, 2.05) is 0 Å².